The Morgan fingerprint density at radius 3 is 2.27 bits per heavy atom. The average Bonchev–Trinajstić information content (AvgIpc) is 2.91. The van der Waals surface area contributed by atoms with Crippen LogP contribution in [0.15, 0.2) is 42.5 Å². The molecular weight excluding hydrogens is 352 g/mol. The van der Waals surface area contributed by atoms with Crippen molar-refractivity contribution in [1.29, 1.82) is 0 Å². The van der Waals surface area contributed by atoms with E-state index in [1.807, 2.05) is 19.9 Å². The van der Waals surface area contributed by atoms with E-state index >= 15 is 0 Å². The predicted molar refractivity (Wildman–Crippen MR) is 98.7 cm³/mol. The number of rotatable bonds is 1. The van der Waals surface area contributed by atoms with E-state index in [0.29, 0.717) is 16.9 Å². The molecule has 2 amide bonds. The van der Waals surface area contributed by atoms with E-state index in [4.69, 9.17) is 0 Å². The van der Waals surface area contributed by atoms with E-state index in [-0.39, 0.29) is 0 Å². The Hall–Kier alpha value is -2.67. The summed E-state index contributed by atoms with van der Waals surface area (Å²) in [7, 11) is -2.53. The first-order valence-corrected chi connectivity index (χ1v) is 9.86. The van der Waals surface area contributed by atoms with E-state index in [9.17, 15) is 18.0 Å². The van der Waals surface area contributed by atoms with E-state index in [1.165, 1.54) is 16.8 Å². The van der Waals surface area contributed by atoms with Gasteiger partial charge in [0, 0.05) is 18.3 Å². The number of hydrogen-bond donors (Lipinski definition) is 0. The molecule has 0 unspecified atom stereocenters. The zero-order chi connectivity index (χ0) is 18.9. The van der Waals surface area contributed by atoms with Gasteiger partial charge in [0.1, 0.15) is 5.75 Å². The molecule has 1 spiro atoms. The Labute approximate surface area is 151 Å². The molecule has 2 aromatic carbocycles. The lowest BCUT2D eigenvalue weighted by Gasteiger charge is -2.32. The van der Waals surface area contributed by atoms with Crippen LogP contribution in [0.2, 0.25) is 0 Å². The summed E-state index contributed by atoms with van der Waals surface area (Å²) < 4.78 is 26.3. The molecule has 2 aliphatic heterocycles. The number of nitrogens with zero attached hydrogens (tertiary/aromatic N) is 2. The third-order valence-electron chi connectivity index (χ3n) is 5.02. The highest BCUT2D eigenvalue weighted by atomic mass is 32.2. The van der Waals surface area contributed by atoms with Crippen molar-refractivity contribution in [1.82, 2.24) is 0 Å². The molecule has 1 saturated heterocycles. The number of carbonyl (C=O) groups excluding carboxylic acids is 2. The van der Waals surface area contributed by atoms with Crippen LogP contribution in [0.25, 0.3) is 0 Å². The Morgan fingerprint density at radius 1 is 1.00 bits per heavy atom. The summed E-state index contributed by atoms with van der Waals surface area (Å²) in [6.07, 6.45) is 0. The van der Waals surface area contributed by atoms with Gasteiger partial charge in [-0.25, -0.2) is 8.42 Å². The number of hydrogen-bond acceptors (Lipinski definition) is 4. The lowest BCUT2D eigenvalue weighted by Crippen LogP contribution is -2.53. The average molecular weight is 370 g/mol. The van der Waals surface area contributed by atoms with Crippen LogP contribution in [0.3, 0.4) is 0 Å². The number of benzene rings is 2. The fourth-order valence-electron chi connectivity index (χ4n) is 4.07. The molecule has 1 fully saturated rings. The number of amides is 2. The summed E-state index contributed by atoms with van der Waals surface area (Å²) in [6, 6.07) is 12.1. The molecule has 6 nitrogen and oxygen atoms in total. The summed E-state index contributed by atoms with van der Waals surface area (Å²) in [4.78, 5) is 26.5. The van der Waals surface area contributed by atoms with Crippen molar-refractivity contribution in [2.24, 2.45) is 0 Å². The molecule has 7 heteroatoms. The van der Waals surface area contributed by atoms with Crippen molar-refractivity contribution < 1.29 is 18.0 Å². The van der Waals surface area contributed by atoms with Crippen LogP contribution in [0.4, 0.5) is 11.4 Å². The van der Waals surface area contributed by atoms with E-state index in [1.54, 1.807) is 36.4 Å². The fourth-order valence-corrected chi connectivity index (χ4v) is 6.13. The van der Waals surface area contributed by atoms with E-state index in [2.05, 4.69) is 0 Å². The highest BCUT2D eigenvalue weighted by Gasteiger charge is 2.69. The number of aryl methyl sites for hydroxylation is 2. The zero-order valence-electron chi connectivity index (χ0n) is 14.7. The molecule has 0 aliphatic carbocycles. The van der Waals surface area contributed by atoms with Gasteiger partial charge in [-0.15, -0.1) is 0 Å². The van der Waals surface area contributed by atoms with Gasteiger partial charge in [-0.1, -0.05) is 24.3 Å². The minimum absolute atomic E-state index is 0.331. The monoisotopic (exact) mass is 370 g/mol. The van der Waals surface area contributed by atoms with Crippen molar-refractivity contribution in [3.63, 3.8) is 0 Å². The third-order valence-corrected chi connectivity index (χ3v) is 7.12. The van der Waals surface area contributed by atoms with Crippen molar-refractivity contribution in [3.05, 3.63) is 59.2 Å². The molecule has 1 atom stereocenters. The largest absolute Gasteiger partial charge is 0.312 e. The summed E-state index contributed by atoms with van der Waals surface area (Å²) in [5, 5.41) is 0. The Kier molecular flexibility index (Phi) is 3.34. The highest BCUT2D eigenvalue weighted by Crippen LogP contribution is 2.52. The molecule has 4 rings (SSSR count). The molecule has 0 bridgehead atoms. The van der Waals surface area contributed by atoms with Gasteiger partial charge in [0.2, 0.25) is 5.91 Å². The first-order chi connectivity index (χ1) is 12.2. The standard InChI is InChI=1S/C19H18N2O4S/c1-12-8-13(2)10-14(9-12)21-17(22)11-26(24,25)19(21)15-6-4-5-7-16(15)20(3)18(19)23/h4-10H,11H2,1-3H3/t19-/m0/s1. The number of fused-ring (bicyclic) bond motifs is 2. The minimum atomic E-state index is -4.07. The van der Waals surface area contributed by atoms with Crippen LogP contribution >= 0.6 is 0 Å². The minimum Gasteiger partial charge on any atom is -0.312 e. The first kappa shape index (κ1) is 16.8. The fraction of sp³-hybridized carbons (Fsp3) is 0.263. The van der Waals surface area contributed by atoms with Crippen LogP contribution in [0.5, 0.6) is 0 Å². The molecule has 0 saturated carbocycles. The Bertz CT molecular complexity index is 1060. The Balaban J connectivity index is 2.10. The Morgan fingerprint density at radius 2 is 1.62 bits per heavy atom. The summed E-state index contributed by atoms with van der Waals surface area (Å²) in [5.41, 5.74) is 3.04. The topological polar surface area (TPSA) is 74.8 Å². The highest BCUT2D eigenvalue weighted by molar-refractivity contribution is 7.94. The maximum absolute atomic E-state index is 13.3. The molecule has 0 N–H and O–H groups in total. The molecule has 0 radical (unpaired) electrons. The van der Waals surface area contributed by atoms with Crippen molar-refractivity contribution >= 4 is 33.0 Å². The van der Waals surface area contributed by atoms with Crippen LogP contribution in [0.1, 0.15) is 16.7 Å². The molecule has 0 aromatic heterocycles. The van der Waals surface area contributed by atoms with Crippen LogP contribution in [-0.2, 0) is 24.3 Å². The number of likely N-dealkylation sites (N-methyl/N-ethyl adjacent to an activating group) is 1. The van der Waals surface area contributed by atoms with Crippen LogP contribution < -0.4 is 9.80 Å². The van der Waals surface area contributed by atoms with E-state index in [0.717, 1.165) is 11.1 Å². The maximum atomic E-state index is 13.3. The van der Waals surface area contributed by atoms with Crippen LogP contribution in [-0.4, -0.2) is 33.0 Å². The summed E-state index contributed by atoms with van der Waals surface area (Å²) in [5.74, 6) is -1.90. The first-order valence-electron chi connectivity index (χ1n) is 8.21. The third kappa shape index (κ3) is 1.89. The second kappa shape index (κ2) is 5.17. The van der Waals surface area contributed by atoms with Gasteiger partial charge >= 0.3 is 0 Å². The van der Waals surface area contributed by atoms with E-state index < -0.39 is 32.3 Å². The normalized spacial score (nSPS) is 23.8. The molecule has 2 heterocycles. The van der Waals surface area contributed by atoms with Crippen molar-refractivity contribution in [2.45, 2.75) is 18.7 Å². The molecule has 134 valence electrons. The summed E-state index contributed by atoms with van der Waals surface area (Å²) >= 11 is 0. The van der Waals surface area contributed by atoms with Crippen molar-refractivity contribution in [3.8, 4) is 0 Å². The maximum Gasteiger partial charge on any atom is 0.273 e. The van der Waals surface area contributed by atoms with Gasteiger partial charge in [0.25, 0.3) is 10.8 Å². The number of anilines is 2. The second-order valence-electron chi connectivity index (χ2n) is 6.86. The van der Waals surface area contributed by atoms with Gasteiger partial charge in [0.15, 0.2) is 9.84 Å². The van der Waals surface area contributed by atoms with Gasteiger partial charge in [-0.3, -0.25) is 14.5 Å². The number of sulfone groups is 1. The molecule has 2 aliphatic rings. The van der Waals surface area contributed by atoms with Crippen molar-refractivity contribution in [2.75, 3.05) is 22.6 Å². The second-order valence-corrected chi connectivity index (χ2v) is 8.97. The smallest absolute Gasteiger partial charge is 0.273 e. The van der Waals surface area contributed by atoms with Gasteiger partial charge in [-0.2, -0.15) is 0 Å². The molecule has 2 aromatic rings. The molecular formula is C19H18N2O4S. The number of carbonyl (C=O) groups is 2. The lowest BCUT2D eigenvalue weighted by molar-refractivity contribution is -0.123. The summed E-state index contributed by atoms with van der Waals surface area (Å²) in [6.45, 7) is 3.74. The molecule has 26 heavy (non-hydrogen) atoms. The lowest BCUT2D eigenvalue weighted by atomic mass is 10.0. The SMILES string of the molecule is Cc1cc(C)cc(N2C(=O)CS(=O)(=O)[C@@]23C(=O)N(C)c2ccccc23)c1. The number of para-hydroxylation sites is 1. The van der Waals surface area contributed by atoms with Crippen LogP contribution in [0, 0.1) is 13.8 Å². The van der Waals surface area contributed by atoms with Gasteiger partial charge in [-0.05, 0) is 43.2 Å². The van der Waals surface area contributed by atoms with Gasteiger partial charge in [0.05, 0.1) is 5.69 Å². The van der Waals surface area contributed by atoms with Gasteiger partial charge < -0.3 is 4.90 Å². The zero-order valence-corrected chi connectivity index (χ0v) is 15.5. The predicted octanol–water partition coefficient (Wildman–Crippen LogP) is 1.89. The quantitative estimate of drug-likeness (QED) is 0.768.